The Balaban J connectivity index is 1.44. The van der Waals surface area contributed by atoms with Crippen LogP contribution in [0.3, 0.4) is 0 Å². The lowest BCUT2D eigenvalue weighted by Gasteiger charge is -2.39. The average molecular weight is 355 g/mol. The second-order valence-corrected chi connectivity index (χ2v) is 7.12. The first-order chi connectivity index (χ1) is 12.7. The molecule has 7 heteroatoms. The number of benzene rings is 1. The summed E-state index contributed by atoms with van der Waals surface area (Å²) in [6, 6.07) is 6.36. The van der Waals surface area contributed by atoms with Crippen molar-refractivity contribution in [1.82, 2.24) is 14.9 Å². The number of nitrogens with two attached hydrogens (primary N) is 1. The highest BCUT2D eigenvalue weighted by molar-refractivity contribution is 5.99. The van der Waals surface area contributed by atoms with Gasteiger partial charge < -0.3 is 15.8 Å². The van der Waals surface area contributed by atoms with Crippen molar-refractivity contribution in [3.8, 4) is 0 Å². The zero-order valence-electron chi connectivity index (χ0n) is 14.9. The smallest absolute Gasteiger partial charge is 0.248 e. The Morgan fingerprint density at radius 3 is 2.65 bits per heavy atom. The van der Waals surface area contributed by atoms with E-state index in [0.717, 1.165) is 55.9 Å². The van der Waals surface area contributed by atoms with E-state index >= 15 is 0 Å². The number of carbonyl (C=O) groups is 1. The van der Waals surface area contributed by atoms with Gasteiger partial charge >= 0.3 is 0 Å². The first-order valence-corrected chi connectivity index (χ1v) is 9.33. The van der Waals surface area contributed by atoms with Crippen LogP contribution in [0, 0.1) is 0 Å². The molecule has 2 fully saturated rings. The molecule has 0 radical (unpaired) electrons. The number of hydrogen-bond acceptors (Lipinski definition) is 6. The van der Waals surface area contributed by atoms with E-state index in [9.17, 15) is 4.79 Å². The lowest BCUT2D eigenvalue weighted by molar-refractivity contribution is 0.00791. The summed E-state index contributed by atoms with van der Waals surface area (Å²) in [7, 11) is 0. The lowest BCUT2D eigenvalue weighted by Crippen LogP contribution is -2.46. The fourth-order valence-electron chi connectivity index (χ4n) is 4.05. The topological polar surface area (TPSA) is 93.4 Å². The lowest BCUT2D eigenvalue weighted by atomic mass is 9.90. The van der Waals surface area contributed by atoms with Crippen LogP contribution in [0.25, 0.3) is 10.9 Å². The fraction of sp³-hybridized carbons (Fsp3) is 0.526. The summed E-state index contributed by atoms with van der Waals surface area (Å²) < 4.78 is 5.46. The van der Waals surface area contributed by atoms with E-state index < -0.39 is 5.91 Å². The number of carbonyl (C=O) groups excluding carboxylic acids is 1. The number of ether oxygens (including phenoxy) is 1. The van der Waals surface area contributed by atoms with E-state index in [-0.39, 0.29) is 0 Å². The Bertz CT molecular complexity index is 783. The molecule has 2 aromatic rings. The third-order valence-electron chi connectivity index (χ3n) is 5.52. The van der Waals surface area contributed by atoms with Gasteiger partial charge in [0.2, 0.25) is 5.91 Å². The predicted molar refractivity (Wildman–Crippen MR) is 100 cm³/mol. The van der Waals surface area contributed by atoms with E-state index in [1.54, 1.807) is 18.5 Å². The largest absolute Gasteiger partial charge is 0.379 e. The van der Waals surface area contributed by atoms with Gasteiger partial charge in [0.15, 0.2) is 0 Å². The molecule has 1 saturated heterocycles. The molecule has 4 rings (SSSR count). The van der Waals surface area contributed by atoms with Gasteiger partial charge in [-0.2, -0.15) is 0 Å². The van der Waals surface area contributed by atoms with E-state index in [0.29, 0.717) is 17.6 Å². The van der Waals surface area contributed by atoms with E-state index in [1.807, 2.05) is 6.07 Å². The van der Waals surface area contributed by atoms with Crippen molar-refractivity contribution in [3.63, 3.8) is 0 Å². The number of rotatable bonds is 4. The summed E-state index contributed by atoms with van der Waals surface area (Å²) in [6.07, 6.45) is 6.17. The molecule has 1 aliphatic heterocycles. The second-order valence-electron chi connectivity index (χ2n) is 7.12. The molecule has 0 spiro atoms. The maximum absolute atomic E-state index is 11.5. The van der Waals surface area contributed by atoms with Crippen LogP contribution in [0.4, 0.5) is 5.82 Å². The number of primary amides is 1. The first kappa shape index (κ1) is 17.2. The van der Waals surface area contributed by atoms with Crippen LogP contribution in [0.15, 0.2) is 24.5 Å². The molecule has 3 N–H and O–H groups in total. The molecular formula is C19H25N5O2. The predicted octanol–water partition coefficient (Wildman–Crippen LogP) is 1.78. The number of morpholine rings is 1. The van der Waals surface area contributed by atoms with Gasteiger partial charge in [0.1, 0.15) is 12.1 Å². The number of nitrogens with zero attached hydrogens (tertiary/aromatic N) is 3. The number of nitrogens with one attached hydrogen (secondary N) is 1. The molecule has 1 aromatic carbocycles. The summed E-state index contributed by atoms with van der Waals surface area (Å²) in [6.45, 7) is 3.81. The molecule has 2 aliphatic rings. The third kappa shape index (κ3) is 3.64. The van der Waals surface area contributed by atoms with Crippen LogP contribution < -0.4 is 11.1 Å². The minimum Gasteiger partial charge on any atom is -0.379 e. The van der Waals surface area contributed by atoms with Gasteiger partial charge in [0.25, 0.3) is 0 Å². The molecular weight excluding hydrogens is 330 g/mol. The van der Waals surface area contributed by atoms with Crippen LogP contribution in [0.5, 0.6) is 0 Å². The average Bonchev–Trinajstić information content (AvgIpc) is 2.69. The first-order valence-electron chi connectivity index (χ1n) is 9.33. The van der Waals surface area contributed by atoms with Gasteiger partial charge in [-0.3, -0.25) is 9.69 Å². The van der Waals surface area contributed by atoms with Crippen molar-refractivity contribution in [1.29, 1.82) is 0 Å². The molecule has 0 unspecified atom stereocenters. The summed E-state index contributed by atoms with van der Waals surface area (Å²) in [4.78, 5) is 22.7. The number of hydrogen-bond donors (Lipinski definition) is 2. The fourth-order valence-corrected chi connectivity index (χ4v) is 4.05. The monoisotopic (exact) mass is 355 g/mol. The standard InChI is InChI=1S/C19H25N5O2/c20-18(25)13-1-6-17-16(11-13)19(22-12-21-17)23-14-2-4-15(5-3-14)24-7-9-26-10-8-24/h1,6,11-12,14-15H,2-5,7-10H2,(H2,20,25)(H,21,22,23). The van der Waals surface area contributed by atoms with Gasteiger partial charge in [-0.25, -0.2) is 9.97 Å². The number of anilines is 1. The molecule has 7 nitrogen and oxygen atoms in total. The number of fused-ring (bicyclic) bond motifs is 1. The molecule has 1 aliphatic carbocycles. The van der Waals surface area contributed by atoms with Crippen LogP contribution in [-0.4, -0.2) is 59.2 Å². The van der Waals surface area contributed by atoms with Crippen molar-refractivity contribution in [2.75, 3.05) is 31.6 Å². The van der Waals surface area contributed by atoms with Gasteiger partial charge in [-0.1, -0.05) is 0 Å². The molecule has 1 aromatic heterocycles. The Kier molecular flexibility index (Phi) is 4.99. The van der Waals surface area contributed by atoms with Crippen LogP contribution in [-0.2, 0) is 4.74 Å². The highest BCUT2D eigenvalue weighted by Crippen LogP contribution is 2.28. The van der Waals surface area contributed by atoms with Crippen molar-refractivity contribution < 1.29 is 9.53 Å². The molecule has 0 atom stereocenters. The van der Waals surface area contributed by atoms with Crippen LogP contribution in [0.1, 0.15) is 36.0 Å². The maximum atomic E-state index is 11.5. The zero-order valence-corrected chi connectivity index (χ0v) is 14.9. The van der Waals surface area contributed by atoms with E-state index in [2.05, 4.69) is 20.2 Å². The molecule has 26 heavy (non-hydrogen) atoms. The summed E-state index contributed by atoms with van der Waals surface area (Å²) in [5.41, 5.74) is 6.70. The summed E-state index contributed by atoms with van der Waals surface area (Å²) >= 11 is 0. The maximum Gasteiger partial charge on any atom is 0.248 e. The SMILES string of the molecule is NC(=O)c1ccc2ncnc(NC3CCC(N4CCOCC4)CC3)c2c1. The van der Waals surface area contributed by atoms with Crippen molar-refractivity contribution in [2.45, 2.75) is 37.8 Å². The molecule has 138 valence electrons. The Morgan fingerprint density at radius 1 is 1.15 bits per heavy atom. The highest BCUT2D eigenvalue weighted by Gasteiger charge is 2.27. The minimum absolute atomic E-state index is 0.391. The molecule has 0 bridgehead atoms. The number of amides is 1. The van der Waals surface area contributed by atoms with Crippen molar-refractivity contribution >= 4 is 22.6 Å². The minimum atomic E-state index is -0.437. The molecule has 2 heterocycles. The Labute approximate surface area is 152 Å². The third-order valence-corrected chi connectivity index (χ3v) is 5.52. The van der Waals surface area contributed by atoms with Gasteiger partial charge in [0.05, 0.1) is 18.7 Å². The van der Waals surface area contributed by atoms with Crippen LogP contribution in [0.2, 0.25) is 0 Å². The van der Waals surface area contributed by atoms with Gasteiger partial charge in [0, 0.05) is 36.1 Å². The highest BCUT2D eigenvalue weighted by atomic mass is 16.5. The quantitative estimate of drug-likeness (QED) is 0.868. The normalized spacial score (nSPS) is 24.5. The Hall–Kier alpha value is -2.25. The van der Waals surface area contributed by atoms with Crippen molar-refractivity contribution in [3.05, 3.63) is 30.1 Å². The van der Waals surface area contributed by atoms with Crippen molar-refractivity contribution in [2.24, 2.45) is 5.73 Å². The molecule has 1 amide bonds. The second kappa shape index (κ2) is 7.55. The number of aromatic nitrogens is 2. The van der Waals surface area contributed by atoms with Crippen LogP contribution >= 0.6 is 0 Å². The van der Waals surface area contributed by atoms with E-state index in [4.69, 9.17) is 10.5 Å². The molecule has 1 saturated carbocycles. The zero-order chi connectivity index (χ0) is 17.9. The van der Waals surface area contributed by atoms with Gasteiger partial charge in [-0.05, 0) is 43.9 Å². The van der Waals surface area contributed by atoms with Gasteiger partial charge in [-0.15, -0.1) is 0 Å². The summed E-state index contributed by atoms with van der Waals surface area (Å²) in [5.74, 6) is 0.348. The summed E-state index contributed by atoms with van der Waals surface area (Å²) in [5, 5.41) is 4.41. The van der Waals surface area contributed by atoms with E-state index in [1.165, 1.54) is 12.8 Å². The Morgan fingerprint density at radius 2 is 1.92 bits per heavy atom.